The highest BCUT2D eigenvalue weighted by atomic mass is 14.2. The monoisotopic (exact) mass is 582 g/mol. The van der Waals surface area contributed by atoms with Gasteiger partial charge in [0.1, 0.15) is 0 Å². The molecule has 0 amide bonds. The second-order valence-corrected chi connectivity index (χ2v) is 12.0. The van der Waals surface area contributed by atoms with E-state index in [2.05, 4.69) is 182 Å². The number of hydrogen-bond donors (Lipinski definition) is 0. The number of benzene rings is 9. The minimum atomic E-state index is 1.22. The Balaban J connectivity index is 1.48. The Morgan fingerprint density at radius 3 is 1.43 bits per heavy atom. The van der Waals surface area contributed by atoms with Gasteiger partial charge in [0, 0.05) is 0 Å². The third-order valence-electron chi connectivity index (χ3n) is 9.45. The first-order valence-electron chi connectivity index (χ1n) is 15.9. The first kappa shape index (κ1) is 26.4. The van der Waals surface area contributed by atoms with E-state index in [1.807, 2.05) is 0 Å². The minimum Gasteiger partial charge on any atom is -0.0622 e. The second-order valence-electron chi connectivity index (χ2n) is 12.0. The van der Waals surface area contributed by atoms with Crippen LogP contribution in [0.15, 0.2) is 182 Å². The molecule has 0 aliphatic rings. The molecule has 0 saturated heterocycles. The topological polar surface area (TPSA) is 0 Å². The molecule has 0 heterocycles. The van der Waals surface area contributed by atoms with Gasteiger partial charge in [-0.15, -0.1) is 0 Å². The fourth-order valence-corrected chi connectivity index (χ4v) is 7.43. The van der Waals surface area contributed by atoms with Gasteiger partial charge in [0.2, 0.25) is 0 Å². The maximum absolute atomic E-state index is 2.37. The van der Waals surface area contributed by atoms with E-state index in [1.54, 1.807) is 0 Å². The summed E-state index contributed by atoms with van der Waals surface area (Å²) in [6.07, 6.45) is 0. The molecule has 0 nitrogen and oxygen atoms in total. The number of rotatable bonds is 4. The highest BCUT2D eigenvalue weighted by Gasteiger charge is 2.21. The summed E-state index contributed by atoms with van der Waals surface area (Å²) in [5, 5.41) is 10.1. The Bertz CT molecular complexity index is 2560. The summed E-state index contributed by atoms with van der Waals surface area (Å²) in [5.74, 6) is 0. The van der Waals surface area contributed by atoms with Crippen LogP contribution in [0.1, 0.15) is 0 Å². The van der Waals surface area contributed by atoms with E-state index in [1.165, 1.54) is 87.6 Å². The molecule has 0 radical (unpaired) electrons. The molecule has 9 aromatic rings. The number of hydrogen-bond acceptors (Lipinski definition) is 0. The molecule has 0 saturated carbocycles. The highest BCUT2D eigenvalue weighted by Crippen LogP contribution is 2.49. The van der Waals surface area contributed by atoms with Crippen LogP contribution in [0, 0.1) is 0 Å². The van der Waals surface area contributed by atoms with Crippen LogP contribution in [0.3, 0.4) is 0 Å². The van der Waals surface area contributed by atoms with Crippen LogP contribution in [0.25, 0.3) is 87.6 Å². The average molecular weight is 583 g/mol. The van der Waals surface area contributed by atoms with Crippen molar-refractivity contribution in [2.24, 2.45) is 0 Å². The number of fused-ring (bicyclic) bond motifs is 4. The molecule has 0 bridgehead atoms. The van der Waals surface area contributed by atoms with E-state index in [0.717, 1.165) is 0 Å². The van der Waals surface area contributed by atoms with Crippen LogP contribution < -0.4 is 0 Å². The molecule has 9 aromatic carbocycles. The fourth-order valence-electron chi connectivity index (χ4n) is 7.43. The molecule has 0 fully saturated rings. The Hall–Kier alpha value is -5.98. The molecular formula is C46H30. The van der Waals surface area contributed by atoms with Crippen LogP contribution in [0.2, 0.25) is 0 Å². The van der Waals surface area contributed by atoms with Gasteiger partial charge in [-0.3, -0.25) is 0 Å². The molecule has 0 N–H and O–H groups in total. The van der Waals surface area contributed by atoms with Gasteiger partial charge in [-0.05, 0) is 93.7 Å². The van der Waals surface area contributed by atoms with Crippen LogP contribution in [-0.2, 0) is 0 Å². The van der Waals surface area contributed by atoms with Gasteiger partial charge in [-0.2, -0.15) is 0 Å². The van der Waals surface area contributed by atoms with Gasteiger partial charge >= 0.3 is 0 Å². The molecule has 0 aromatic heterocycles. The van der Waals surface area contributed by atoms with Crippen molar-refractivity contribution in [2.75, 3.05) is 0 Å². The van der Waals surface area contributed by atoms with Crippen LogP contribution in [-0.4, -0.2) is 0 Å². The van der Waals surface area contributed by atoms with Gasteiger partial charge in [0.15, 0.2) is 0 Å². The van der Waals surface area contributed by atoms with Crippen molar-refractivity contribution in [3.8, 4) is 44.5 Å². The zero-order chi connectivity index (χ0) is 30.5. The Labute approximate surface area is 268 Å². The summed E-state index contributed by atoms with van der Waals surface area (Å²) in [5.41, 5.74) is 9.99. The van der Waals surface area contributed by atoms with E-state index in [9.17, 15) is 0 Å². The maximum Gasteiger partial charge on any atom is -0.00139 e. The summed E-state index contributed by atoms with van der Waals surface area (Å²) in [7, 11) is 0. The normalized spacial score (nSPS) is 11.5. The lowest BCUT2D eigenvalue weighted by Gasteiger charge is -2.22. The molecule has 0 atom stereocenters. The van der Waals surface area contributed by atoms with E-state index >= 15 is 0 Å². The van der Waals surface area contributed by atoms with Crippen molar-refractivity contribution in [2.45, 2.75) is 0 Å². The van der Waals surface area contributed by atoms with Crippen molar-refractivity contribution in [1.29, 1.82) is 0 Å². The summed E-state index contributed by atoms with van der Waals surface area (Å²) in [4.78, 5) is 0. The maximum atomic E-state index is 2.37. The summed E-state index contributed by atoms with van der Waals surface area (Å²) >= 11 is 0. The van der Waals surface area contributed by atoms with Crippen molar-refractivity contribution in [3.05, 3.63) is 182 Å². The van der Waals surface area contributed by atoms with E-state index in [0.29, 0.717) is 0 Å². The van der Waals surface area contributed by atoms with Crippen LogP contribution in [0.5, 0.6) is 0 Å². The highest BCUT2D eigenvalue weighted by molar-refractivity contribution is 6.27. The standard InChI is InChI=1S/C46H30/c1-2-14-31(15-3-1)34-20-10-21-35(30-34)44-41-24-8-9-25-42(41)45(39-27-12-19-33-17-5-7-23-37(33)39)43-29-13-28-40(46(43)44)38-26-11-18-32-16-4-6-22-36(32)38/h1-30H. The van der Waals surface area contributed by atoms with Crippen LogP contribution in [0.4, 0.5) is 0 Å². The molecule has 214 valence electrons. The van der Waals surface area contributed by atoms with Crippen molar-refractivity contribution < 1.29 is 0 Å². The van der Waals surface area contributed by atoms with E-state index in [4.69, 9.17) is 0 Å². The third kappa shape index (κ3) is 4.23. The van der Waals surface area contributed by atoms with Gasteiger partial charge < -0.3 is 0 Å². The lowest BCUT2D eigenvalue weighted by atomic mass is 9.81. The van der Waals surface area contributed by atoms with Gasteiger partial charge in [-0.1, -0.05) is 176 Å². The smallest absolute Gasteiger partial charge is 0.00139 e. The summed E-state index contributed by atoms with van der Waals surface area (Å²) in [6.45, 7) is 0. The minimum absolute atomic E-state index is 1.22. The molecule has 9 rings (SSSR count). The Morgan fingerprint density at radius 1 is 0.239 bits per heavy atom. The first-order chi connectivity index (χ1) is 22.8. The lowest BCUT2D eigenvalue weighted by molar-refractivity contribution is 1.61. The van der Waals surface area contributed by atoms with Gasteiger partial charge in [0.25, 0.3) is 0 Å². The Morgan fingerprint density at radius 2 is 0.696 bits per heavy atom. The van der Waals surface area contributed by atoms with Crippen molar-refractivity contribution in [1.82, 2.24) is 0 Å². The molecule has 0 unspecified atom stereocenters. The van der Waals surface area contributed by atoms with E-state index in [-0.39, 0.29) is 0 Å². The summed E-state index contributed by atoms with van der Waals surface area (Å²) in [6, 6.07) is 66.6. The van der Waals surface area contributed by atoms with E-state index < -0.39 is 0 Å². The predicted octanol–water partition coefficient (Wildman–Crippen LogP) is 13.0. The SMILES string of the molecule is c1ccc(-c2cccc(-c3c4ccccc4c(-c4cccc5ccccc45)c4cccc(-c5cccc6ccccc56)c34)c2)cc1. The fraction of sp³-hybridized carbons (Fsp3) is 0. The Kier molecular flexibility index (Phi) is 6.25. The third-order valence-corrected chi connectivity index (χ3v) is 9.45. The average Bonchev–Trinajstić information content (AvgIpc) is 3.13. The van der Waals surface area contributed by atoms with Crippen LogP contribution >= 0.6 is 0 Å². The second kappa shape index (κ2) is 10.9. The molecule has 0 spiro atoms. The zero-order valence-corrected chi connectivity index (χ0v) is 25.3. The first-order valence-corrected chi connectivity index (χ1v) is 15.9. The van der Waals surface area contributed by atoms with Crippen molar-refractivity contribution in [3.63, 3.8) is 0 Å². The molecule has 0 aliphatic heterocycles. The molecular weight excluding hydrogens is 553 g/mol. The lowest BCUT2D eigenvalue weighted by Crippen LogP contribution is -1.94. The van der Waals surface area contributed by atoms with Crippen molar-refractivity contribution >= 4 is 43.1 Å². The van der Waals surface area contributed by atoms with Gasteiger partial charge in [0.05, 0.1) is 0 Å². The molecule has 46 heavy (non-hydrogen) atoms. The largest absolute Gasteiger partial charge is 0.0622 e. The quantitative estimate of drug-likeness (QED) is 0.181. The van der Waals surface area contributed by atoms with Gasteiger partial charge in [-0.25, -0.2) is 0 Å². The zero-order valence-electron chi connectivity index (χ0n) is 25.3. The predicted molar refractivity (Wildman–Crippen MR) is 198 cm³/mol. The summed E-state index contributed by atoms with van der Waals surface area (Å²) < 4.78 is 0. The molecule has 0 heteroatoms. The molecule has 0 aliphatic carbocycles.